The van der Waals surface area contributed by atoms with E-state index in [1.165, 1.54) is 0 Å². The first-order valence-corrected chi connectivity index (χ1v) is 5.74. The van der Waals surface area contributed by atoms with E-state index in [0.717, 1.165) is 5.56 Å². The fourth-order valence-corrected chi connectivity index (χ4v) is 1.52. The van der Waals surface area contributed by atoms with Crippen LogP contribution in [0.3, 0.4) is 0 Å². The van der Waals surface area contributed by atoms with Crippen LogP contribution in [-0.2, 0) is 4.79 Å². The van der Waals surface area contributed by atoms with Gasteiger partial charge in [-0.3, -0.25) is 4.79 Å². The number of nitriles is 1. The first-order chi connectivity index (χ1) is 8.54. The Hall–Kier alpha value is -1.77. The second-order valence-electron chi connectivity index (χ2n) is 3.69. The summed E-state index contributed by atoms with van der Waals surface area (Å²) in [4.78, 5) is 11.3. The molecule has 0 aliphatic rings. The molecule has 1 aromatic rings. The molecule has 6 heteroatoms. The Morgan fingerprint density at radius 3 is 3.00 bits per heavy atom. The van der Waals surface area contributed by atoms with Gasteiger partial charge < -0.3 is 15.8 Å². The van der Waals surface area contributed by atoms with Crippen LogP contribution in [0.5, 0.6) is 5.75 Å². The number of rotatable bonds is 5. The van der Waals surface area contributed by atoms with Crippen LogP contribution in [0, 0.1) is 11.3 Å². The van der Waals surface area contributed by atoms with Crippen LogP contribution >= 0.6 is 11.6 Å². The Morgan fingerprint density at radius 2 is 2.39 bits per heavy atom. The largest absolute Gasteiger partial charge is 0.483 e. The summed E-state index contributed by atoms with van der Waals surface area (Å²) in [7, 11) is 0. The highest BCUT2D eigenvalue weighted by Crippen LogP contribution is 2.27. The van der Waals surface area contributed by atoms with Gasteiger partial charge in [-0.05, 0) is 25.1 Å². The molecule has 18 heavy (non-hydrogen) atoms. The molecule has 0 radical (unpaired) electrons. The van der Waals surface area contributed by atoms with E-state index in [1.54, 1.807) is 25.1 Å². The summed E-state index contributed by atoms with van der Waals surface area (Å²) >= 11 is 5.87. The zero-order valence-corrected chi connectivity index (χ0v) is 10.7. The van der Waals surface area contributed by atoms with Crippen molar-refractivity contribution in [1.29, 1.82) is 5.26 Å². The monoisotopic (exact) mass is 267 g/mol. The number of amides is 1. The lowest BCUT2D eigenvalue weighted by atomic mass is 10.1. The molecule has 0 heterocycles. The normalized spacial score (nSPS) is 11.4. The van der Waals surface area contributed by atoms with Crippen molar-refractivity contribution in [3.05, 3.63) is 28.8 Å². The number of hydrogen-bond acceptors (Lipinski definition) is 4. The molecule has 0 saturated heterocycles. The van der Waals surface area contributed by atoms with Gasteiger partial charge in [0.15, 0.2) is 6.61 Å². The molecule has 1 rings (SSSR count). The van der Waals surface area contributed by atoms with Crippen molar-refractivity contribution in [3.8, 4) is 11.8 Å². The van der Waals surface area contributed by atoms with Crippen molar-refractivity contribution in [2.75, 3.05) is 13.2 Å². The van der Waals surface area contributed by atoms with E-state index < -0.39 is 0 Å². The van der Waals surface area contributed by atoms with E-state index in [9.17, 15) is 4.79 Å². The smallest absolute Gasteiger partial charge is 0.258 e. The molecule has 0 aliphatic carbocycles. The van der Waals surface area contributed by atoms with Gasteiger partial charge >= 0.3 is 0 Å². The molecule has 0 bridgehead atoms. The molecule has 0 unspecified atom stereocenters. The highest BCUT2D eigenvalue weighted by atomic mass is 35.5. The number of carbonyl (C=O) groups is 1. The van der Waals surface area contributed by atoms with Crippen molar-refractivity contribution >= 4 is 17.5 Å². The molecule has 0 fully saturated rings. The first kappa shape index (κ1) is 14.3. The molecule has 1 atom stereocenters. The minimum atomic E-state index is -0.359. The summed E-state index contributed by atoms with van der Waals surface area (Å²) in [6.45, 7) is 1.60. The van der Waals surface area contributed by atoms with Gasteiger partial charge in [0.1, 0.15) is 12.3 Å². The Kier molecular flexibility index (Phi) is 5.43. The second kappa shape index (κ2) is 6.84. The maximum Gasteiger partial charge on any atom is 0.258 e. The fourth-order valence-electron chi connectivity index (χ4n) is 1.34. The SMILES string of the molecule is C[C@@H](N)c1cc(Cl)ccc1OCC(=O)NCC#N. The van der Waals surface area contributed by atoms with E-state index in [1.807, 2.05) is 6.07 Å². The van der Waals surface area contributed by atoms with Crippen molar-refractivity contribution in [2.45, 2.75) is 13.0 Å². The van der Waals surface area contributed by atoms with Crippen LogP contribution in [0.15, 0.2) is 18.2 Å². The van der Waals surface area contributed by atoms with Gasteiger partial charge in [0.05, 0.1) is 6.07 Å². The number of benzene rings is 1. The Labute approximate surface area is 110 Å². The average Bonchev–Trinajstić information content (AvgIpc) is 2.34. The summed E-state index contributed by atoms with van der Waals surface area (Å²) in [5.41, 5.74) is 6.52. The summed E-state index contributed by atoms with van der Waals surface area (Å²) in [6, 6.07) is 6.59. The molecule has 1 aromatic carbocycles. The standard InChI is InChI=1S/C12H14ClN3O2/c1-8(15)10-6-9(13)2-3-11(10)18-7-12(17)16-5-4-14/h2-3,6,8H,5,7,15H2,1H3,(H,16,17)/t8-/m1/s1. The number of nitrogens with zero attached hydrogens (tertiary/aromatic N) is 1. The number of nitrogens with two attached hydrogens (primary N) is 1. The van der Waals surface area contributed by atoms with Gasteiger partial charge in [0, 0.05) is 16.6 Å². The third kappa shape index (κ3) is 4.24. The number of nitrogens with one attached hydrogen (secondary N) is 1. The molecule has 0 aliphatic heterocycles. The van der Waals surface area contributed by atoms with E-state index >= 15 is 0 Å². The highest BCUT2D eigenvalue weighted by Gasteiger charge is 2.10. The first-order valence-electron chi connectivity index (χ1n) is 5.36. The van der Waals surface area contributed by atoms with Crippen molar-refractivity contribution in [2.24, 2.45) is 5.73 Å². The molecular weight excluding hydrogens is 254 g/mol. The molecule has 0 saturated carbocycles. The van der Waals surface area contributed by atoms with Crippen molar-refractivity contribution < 1.29 is 9.53 Å². The van der Waals surface area contributed by atoms with Gasteiger partial charge in [-0.2, -0.15) is 5.26 Å². The quantitative estimate of drug-likeness (QED) is 0.789. The zero-order chi connectivity index (χ0) is 13.5. The molecule has 3 N–H and O–H groups in total. The van der Waals surface area contributed by atoms with E-state index in [4.69, 9.17) is 27.3 Å². The minimum absolute atomic E-state index is 0.0387. The lowest BCUT2D eigenvalue weighted by Crippen LogP contribution is -2.29. The Balaban J connectivity index is 2.67. The van der Waals surface area contributed by atoms with Gasteiger partial charge in [0.2, 0.25) is 0 Å². The van der Waals surface area contributed by atoms with Crippen molar-refractivity contribution in [3.63, 3.8) is 0 Å². The molecule has 0 spiro atoms. The maximum atomic E-state index is 11.3. The molecule has 5 nitrogen and oxygen atoms in total. The van der Waals surface area contributed by atoms with Crippen LogP contribution in [0.4, 0.5) is 0 Å². The van der Waals surface area contributed by atoms with Gasteiger partial charge in [-0.25, -0.2) is 0 Å². The van der Waals surface area contributed by atoms with Crippen LogP contribution in [0.25, 0.3) is 0 Å². The Bertz CT molecular complexity index is 469. The lowest BCUT2D eigenvalue weighted by Gasteiger charge is -2.14. The van der Waals surface area contributed by atoms with E-state index in [-0.39, 0.29) is 25.1 Å². The summed E-state index contributed by atoms with van der Waals surface area (Å²) in [6.07, 6.45) is 0. The highest BCUT2D eigenvalue weighted by molar-refractivity contribution is 6.30. The van der Waals surface area contributed by atoms with Crippen LogP contribution in [-0.4, -0.2) is 19.1 Å². The topological polar surface area (TPSA) is 88.1 Å². The fraction of sp³-hybridized carbons (Fsp3) is 0.333. The van der Waals surface area contributed by atoms with Crippen LogP contribution in [0.2, 0.25) is 5.02 Å². The van der Waals surface area contributed by atoms with E-state index in [2.05, 4.69) is 5.32 Å². The molecular formula is C12H14ClN3O2. The van der Waals surface area contributed by atoms with Crippen LogP contribution in [0.1, 0.15) is 18.5 Å². The maximum absolute atomic E-state index is 11.3. The van der Waals surface area contributed by atoms with Gasteiger partial charge in [-0.1, -0.05) is 11.6 Å². The third-order valence-corrected chi connectivity index (χ3v) is 2.42. The number of hydrogen-bond donors (Lipinski definition) is 2. The van der Waals surface area contributed by atoms with E-state index in [0.29, 0.717) is 10.8 Å². The molecule has 96 valence electrons. The van der Waals surface area contributed by atoms with Crippen molar-refractivity contribution in [1.82, 2.24) is 5.32 Å². The number of halogens is 1. The average molecular weight is 268 g/mol. The molecule has 0 aromatic heterocycles. The molecule has 1 amide bonds. The van der Waals surface area contributed by atoms with Gasteiger partial charge in [0.25, 0.3) is 5.91 Å². The minimum Gasteiger partial charge on any atom is -0.483 e. The summed E-state index contributed by atoms with van der Waals surface area (Å²) < 4.78 is 5.35. The number of carbonyl (C=O) groups excluding carboxylic acids is 1. The zero-order valence-electron chi connectivity index (χ0n) is 9.94. The number of ether oxygens (including phenoxy) is 1. The second-order valence-corrected chi connectivity index (χ2v) is 4.13. The summed E-state index contributed by atoms with van der Waals surface area (Å²) in [5, 5.41) is 11.3. The Morgan fingerprint density at radius 1 is 1.67 bits per heavy atom. The predicted molar refractivity (Wildman–Crippen MR) is 68.2 cm³/mol. The summed E-state index contributed by atoms with van der Waals surface area (Å²) in [5.74, 6) is 0.156. The van der Waals surface area contributed by atoms with Gasteiger partial charge in [-0.15, -0.1) is 0 Å². The predicted octanol–water partition coefficient (Wildman–Crippen LogP) is 1.38. The lowest BCUT2D eigenvalue weighted by molar-refractivity contribution is -0.122. The third-order valence-electron chi connectivity index (χ3n) is 2.19. The van der Waals surface area contributed by atoms with Crippen LogP contribution < -0.4 is 15.8 Å².